The Kier molecular flexibility index (Phi) is 3.45. The highest BCUT2D eigenvalue weighted by molar-refractivity contribution is 7.19. The molecule has 0 N–H and O–H groups in total. The van der Waals surface area contributed by atoms with Crippen LogP contribution in [0.1, 0.15) is 26.3 Å². The molecule has 0 bridgehead atoms. The van der Waals surface area contributed by atoms with Crippen LogP contribution < -0.4 is 0 Å². The van der Waals surface area contributed by atoms with Crippen molar-refractivity contribution in [3.05, 3.63) is 60.2 Å². The minimum atomic E-state index is 0.119. The van der Waals surface area contributed by atoms with E-state index in [1.165, 1.54) is 16.9 Å². The Morgan fingerprint density at radius 3 is 2.48 bits per heavy atom. The highest BCUT2D eigenvalue weighted by Gasteiger charge is 2.18. The topological polar surface area (TPSA) is 56.2 Å². The van der Waals surface area contributed by atoms with Gasteiger partial charge in [-0.05, 0) is 23.1 Å². The molecule has 0 radical (unpaired) electrons. The number of hydrogen-bond acceptors (Lipinski definition) is 5. The van der Waals surface area contributed by atoms with Gasteiger partial charge in [0, 0.05) is 10.9 Å². The van der Waals surface area contributed by atoms with Crippen molar-refractivity contribution in [2.24, 2.45) is 0 Å². The van der Waals surface area contributed by atoms with Crippen molar-refractivity contribution < 1.29 is 4.42 Å². The van der Waals surface area contributed by atoms with E-state index in [4.69, 9.17) is 9.52 Å². The van der Waals surface area contributed by atoms with Crippen LogP contribution in [0, 0.1) is 0 Å². The number of furan rings is 1. The zero-order valence-corrected chi connectivity index (χ0v) is 16.1. The molecule has 3 heterocycles. The zero-order valence-electron chi connectivity index (χ0n) is 15.3. The Hall–Kier alpha value is -2.99. The van der Waals surface area contributed by atoms with Crippen molar-refractivity contribution in [2.45, 2.75) is 26.2 Å². The van der Waals surface area contributed by atoms with E-state index in [9.17, 15) is 0 Å². The number of nitrogens with zero attached hydrogens (tertiary/aromatic N) is 4. The fourth-order valence-corrected chi connectivity index (χ4v) is 3.90. The minimum absolute atomic E-state index is 0.119. The maximum Gasteiger partial charge on any atom is 0.235 e. The smallest absolute Gasteiger partial charge is 0.235 e. The van der Waals surface area contributed by atoms with Crippen molar-refractivity contribution in [3.8, 4) is 22.2 Å². The van der Waals surface area contributed by atoms with Crippen molar-refractivity contribution in [3.63, 3.8) is 0 Å². The van der Waals surface area contributed by atoms with Gasteiger partial charge in [0.1, 0.15) is 5.58 Å². The van der Waals surface area contributed by atoms with Gasteiger partial charge in [-0.25, -0.2) is 0 Å². The summed E-state index contributed by atoms with van der Waals surface area (Å²) in [5.74, 6) is 1.49. The van der Waals surface area contributed by atoms with Gasteiger partial charge in [-0.1, -0.05) is 74.6 Å². The van der Waals surface area contributed by atoms with Crippen LogP contribution in [-0.4, -0.2) is 19.8 Å². The summed E-state index contributed by atoms with van der Waals surface area (Å²) in [6, 6.07) is 18.4. The Morgan fingerprint density at radius 1 is 0.963 bits per heavy atom. The van der Waals surface area contributed by atoms with Crippen LogP contribution in [0.4, 0.5) is 0 Å². The molecule has 6 heteroatoms. The van der Waals surface area contributed by atoms with Crippen LogP contribution in [0.3, 0.4) is 0 Å². The average molecular weight is 374 g/mol. The predicted molar refractivity (Wildman–Crippen MR) is 108 cm³/mol. The van der Waals surface area contributed by atoms with E-state index in [1.54, 1.807) is 4.52 Å². The first-order valence-corrected chi connectivity index (χ1v) is 9.63. The molecule has 0 atom stereocenters. The van der Waals surface area contributed by atoms with E-state index in [0.29, 0.717) is 0 Å². The second-order valence-electron chi connectivity index (χ2n) is 7.60. The first-order valence-electron chi connectivity index (χ1n) is 8.81. The Morgan fingerprint density at radius 2 is 1.74 bits per heavy atom. The maximum atomic E-state index is 5.94. The zero-order chi connectivity index (χ0) is 18.6. The molecule has 5 rings (SSSR count). The molecule has 0 aliphatic carbocycles. The molecule has 5 aromatic rings. The summed E-state index contributed by atoms with van der Waals surface area (Å²) >= 11 is 1.47. The highest BCUT2D eigenvalue weighted by atomic mass is 32.1. The fraction of sp³-hybridized carbons (Fsp3) is 0.190. The molecule has 0 aliphatic heterocycles. The second-order valence-corrected chi connectivity index (χ2v) is 8.56. The molecule has 0 amide bonds. The molecule has 0 saturated carbocycles. The van der Waals surface area contributed by atoms with Gasteiger partial charge >= 0.3 is 0 Å². The lowest BCUT2D eigenvalue weighted by Crippen LogP contribution is -2.10. The van der Waals surface area contributed by atoms with Crippen molar-refractivity contribution >= 4 is 27.3 Å². The van der Waals surface area contributed by atoms with E-state index in [0.717, 1.165) is 38.1 Å². The molecule has 3 aromatic heterocycles. The van der Waals surface area contributed by atoms with Gasteiger partial charge in [0.25, 0.3) is 0 Å². The maximum absolute atomic E-state index is 5.94. The molecule has 134 valence electrons. The van der Waals surface area contributed by atoms with E-state index in [1.807, 2.05) is 30.3 Å². The van der Waals surface area contributed by atoms with Crippen molar-refractivity contribution in [2.75, 3.05) is 0 Å². The molecule has 0 unspecified atom stereocenters. The minimum Gasteiger partial charge on any atom is -0.453 e. The summed E-state index contributed by atoms with van der Waals surface area (Å²) in [6.07, 6.45) is 0. The Bertz CT molecular complexity index is 1220. The standard InChI is InChI=1S/C21H18N4OS/c1-21(2,3)15-10-8-13(9-11-15)18-22-23-20-25(18)24-19(27-20)17-12-14-6-4-5-7-16(14)26-17/h4-12H,1-3H3. The lowest BCUT2D eigenvalue weighted by Gasteiger charge is -2.18. The molecule has 0 aliphatic rings. The lowest BCUT2D eigenvalue weighted by atomic mass is 9.87. The quantitative estimate of drug-likeness (QED) is 0.406. The van der Waals surface area contributed by atoms with Gasteiger partial charge in [-0.3, -0.25) is 0 Å². The summed E-state index contributed by atoms with van der Waals surface area (Å²) in [4.78, 5) is 0.750. The van der Waals surface area contributed by atoms with E-state index in [2.05, 4.69) is 55.2 Å². The van der Waals surface area contributed by atoms with Crippen LogP contribution in [0.2, 0.25) is 0 Å². The van der Waals surface area contributed by atoms with Gasteiger partial charge in [0.15, 0.2) is 16.6 Å². The van der Waals surface area contributed by atoms with Crippen LogP contribution >= 0.6 is 11.3 Å². The molecule has 0 spiro atoms. The molecule has 5 nitrogen and oxygen atoms in total. The first-order chi connectivity index (χ1) is 13.0. The van der Waals surface area contributed by atoms with Crippen LogP contribution in [-0.2, 0) is 5.41 Å². The van der Waals surface area contributed by atoms with Gasteiger partial charge in [0.05, 0.1) is 0 Å². The van der Waals surface area contributed by atoms with Gasteiger partial charge < -0.3 is 4.42 Å². The molecular weight excluding hydrogens is 356 g/mol. The number of fused-ring (bicyclic) bond motifs is 2. The van der Waals surface area contributed by atoms with E-state index in [-0.39, 0.29) is 5.41 Å². The van der Waals surface area contributed by atoms with Crippen LogP contribution in [0.5, 0.6) is 0 Å². The molecule has 0 saturated heterocycles. The monoisotopic (exact) mass is 374 g/mol. The molecule has 0 fully saturated rings. The van der Waals surface area contributed by atoms with Gasteiger partial charge in [-0.2, -0.15) is 4.52 Å². The van der Waals surface area contributed by atoms with Crippen molar-refractivity contribution in [1.29, 1.82) is 0 Å². The number of aromatic nitrogens is 4. The van der Waals surface area contributed by atoms with E-state index < -0.39 is 0 Å². The van der Waals surface area contributed by atoms with Crippen LogP contribution in [0.25, 0.3) is 38.1 Å². The third-order valence-corrected chi connectivity index (χ3v) is 5.55. The third kappa shape index (κ3) is 2.73. The number of rotatable bonds is 2. The van der Waals surface area contributed by atoms with Crippen LogP contribution in [0.15, 0.2) is 59.0 Å². The van der Waals surface area contributed by atoms with Crippen molar-refractivity contribution in [1.82, 2.24) is 19.8 Å². The SMILES string of the molecule is CC(C)(C)c1ccc(-c2nnc3sc(-c4cc5ccccc5o4)nn23)cc1. The van der Waals surface area contributed by atoms with Gasteiger partial charge in [0.2, 0.25) is 4.96 Å². The van der Waals surface area contributed by atoms with E-state index >= 15 is 0 Å². The lowest BCUT2D eigenvalue weighted by molar-refractivity contribution is 0.590. The number of benzene rings is 2. The molecular formula is C21H18N4OS. The number of para-hydroxylation sites is 1. The number of hydrogen-bond donors (Lipinski definition) is 0. The summed E-state index contributed by atoms with van der Waals surface area (Å²) in [6.45, 7) is 6.62. The Labute approximate surface area is 160 Å². The average Bonchev–Trinajstić information content (AvgIpc) is 3.34. The molecule has 2 aromatic carbocycles. The summed E-state index contributed by atoms with van der Waals surface area (Å²) in [5.41, 5.74) is 3.26. The summed E-state index contributed by atoms with van der Waals surface area (Å²) in [5, 5.41) is 15.2. The normalized spacial score (nSPS) is 12.3. The fourth-order valence-electron chi connectivity index (χ4n) is 3.10. The largest absolute Gasteiger partial charge is 0.453 e. The van der Waals surface area contributed by atoms with Gasteiger partial charge in [-0.15, -0.1) is 15.3 Å². The summed E-state index contributed by atoms with van der Waals surface area (Å²) in [7, 11) is 0. The first kappa shape index (κ1) is 16.2. The third-order valence-electron chi connectivity index (χ3n) is 4.64. The molecule has 27 heavy (non-hydrogen) atoms. The second kappa shape index (κ2) is 5.76. The Balaban J connectivity index is 1.57. The summed E-state index contributed by atoms with van der Waals surface area (Å²) < 4.78 is 7.73. The predicted octanol–water partition coefficient (Wildman–Crippen LogP) is 5.56. The highest BCUT2D eigenvalue weighted by Crippen LogP contribution is 2.32.